The average molecular weight is 361 g/mol. The highest BCUT2D eigenvalue weighted by Crippen LogP contribution is 2.27. The molecule has 128 valence electrons. The molecule has 0 fully saturated rings. The predicted molar refractivity (Wildman–Crippen MR) is 80.4 cm³/mol. The molecule has 0 bridgehead atoms. The maximum absolute atomic E-state index is 12.6. The van der Waals surface area contributed by atoms with Crippen LogP contribution in [0.4, 0.5) is 13.2 Å². The molecule has 0 aliphatic carbocycles. The minimum atomic E-state index is -4.67. The summed E-state index contributed by atoms with van der Waals surface area (Å²) < 4.78 is 43.5. The molecule has 9 heteroatoms. The van der Waals surface area contributed by atoms with Gasteiger partial charge in [-0.3, -0.25) is 4.79 Å². The maximum Gasteiger partial charge on any atom is 0.418 e. The number of hydrogen-bond donors (Lipinski definition) is 0. The summed E-state index contributed by atoms with van der Waals surface area (Å²) >= 11 is 5.93. The minimum Gasteiger partial charge on any atom is -0.459 e. The summed E-state index contributed by atoms with van der Waals surface area (Å²) in [5.41, 5.74) is -2.07. The van der Waals surface area contributed by atoms with E-state index in [0.29, 0.717) is 12.3 Å². The Labute approximate surface area is 139 Å². The van der Waals surface area contributed by atoms with Crippen molar-refractivity contribution in [3.63, 3.8) is 0 Å². The lowest BCUT2D eigenvalue weighted by Crippen LogP contribution is -2.23. The Kier molecular flexibility index (Phi) is 4.98. The predicted octanol–water partition coefficient (Wildman–Crippen LogP) is 3.47. The van der Waals surface area contributed by atoms with Gasteiger partial charge in [0, 0.05) is 6.07 Å². The fourth-order valence-electron chi connectivity index (χ4n) is 1.84. The number of hydrogen-bond acceptors (Lipinski definition) is 4. The van der Waals surface area contributed by atoms with Crippen LogP contribution in [0.1, 0.15) is 29.8 Å². The molecule has 0 amide bonds. The summed E-state index contributed by atoms with van der Waals surface area (Å²) in [5, 5.41) is 3.58. The summed E-state index contributed by atoms with van der Waals surface area (Å²) in [6, 6.07) is 4.35. The van der Waals surface area contributed by atoms with Crippen LogP contribution in [0.3, 0.4) is 0 Å². The van der Waals surface area contributed by atoms with Gasteiger partial charge in [0.25, 0.3) is 5.56 Å². The molecule has 0 atom stereocenters. The van der Waals surface area contributed by atoms with E-state index in [1.54, 1.807) is 13.8 Å². The van der Waals surface area contributed by atoms with Crippen molar-refractivity contribution in [2.75, 3.05) is 0 Å². The standard InChI is InChI=1S/C15H12ClF3N2O3/c1-8(2)24-14(23)11-6-10(3-4-12(11)16)21-13(22)5-9(7-20-21)15(17,18)19/h3-8H,1-2H3. The second kappa shape index (κ2) is 6.64. The highest BCUT2D eigenvalue weighted by molar-refractivity contribution is 6.33. The number of aromatic nitrogens is 2. The largest absolute Gasteiger partial charge is 0.459 e. The van der Waals surface area contributed by atoms with Crippen molar-refractivity contribution >= 4 is 17.6 Å². The van der Waals surface area contributed by atoms with Crippen LogP contribution in [0.5, 0.6) is 0 Å². The number of halogens is 4. The molecule has 0 radical (unpaired) electrons. The van der Waals surface area contributed by atoms with E-state index in [9.17, 15) is 22.8 Å². The van der Waals surface area contributed by atoms with Crippen molar-refractivity contribution in [3.05, 3.63) is 57.0 Å². The smallest absolute Gasteiger partial charge is 0.418 e. The molecule has 2 aromatic rings. The first-order valence-corrected chi connectivity index (χ1v) is 7.15. The molecule has 2 rings (SSSR count). The molecule has 0 saturated heterocycles. The third-order valence-corrected chi connectivity index (χ3v) is 3.21. The van der Waals surface area contributed by atoms with Gasteiger partial charge in [-0.15, -0.1) is 0 Å². The first-order chi connectivity index (χ1) is 11.1. The Morgan fingerprint density at radius 3 is 2.50 bits per heavy atom. The van der Waals surface area contributed by atoms with Gasteiger partial charge in [0.1, 0.15) is 0 Å². The molecule has 1 aromatic carbocycles. The zero-order chi connectivity index (χ0) is 18.1. The summed E-state index contributed by atoms with van der Waals surface area (Å²) in [6.45, 7) is 3.30. The molecule has 0 aliphatic heterocycles. The molecular formula is C15H12ClF3N2O3. The first-order valence-electron chi connectivity index (χ1n) is 6.77. The van der Waals surface area contributed by atoms with Crippen LogP contribution < -0.4 is 5.56 Å². The lowest BCUT2D eigenvalue weighted by molar-refractivity contribution is -0.138. The minimum absolute atomic E-state index is 0.0172. The molecule has 24 heavy (non-hydrogen) atoms. The zero-order valence-corrected chi connectivity index (χ0v) is 13.4. The number of nitrogens with zero attached hydrogens (tertiary/aromatic N) is 2. The molecule has 0 saturated carbocycles. The summed E-state index contributed by atoms with van der Waals surface area (Å²) in [6.07, 6.45) is -4.52. The Hall–Kier alpha value is -2.35. The van der Waals surface area contributed by atoms with Gasteiger partial charge in [-0.2, -0.15) is 23.0 Å². The van der Waals surface area contributed by atoms with E-state index >= 15 is 0 Å². The summed E-state index contributed by atoms with van der Waals surface area (Å²) in [7, 11) is 0. The maximum atomic E-state index is 12.6. The van der Waals surface area contributed by atoms with E-state index in [1.165, 1.54) is 18.2 Å². The molecule has 0 aliphatic rings. The van der Waals surface area contributed by atoms with Gasteiger partial charge in [-0.1, -0.05) is 11.6 Å². The van der Waals surface area contributed by atoms with E-state index in [0.717, 1.165) is 4.68 Å². The van der Waals surface area contributed by atoms with E-state index in [1.807, 2.05) is 0 Å². The molecule has 1 aromatic heterocycles. The van der Waals surface area contributed by atoms with Crippen molar-refractivity contribution in [2.24, 2.45) is 0 Å². The normalized spacial score (nSPS) is 11.6. The van der Waals surface area contributed by atoms with E-state index in [4.69, 9.17) is 16.3 Å². The fraction of sp³-hybridized carbons (Fsp3) is 0.267. The van der Waals surface area contributed by atoms with Gasteiger partial charge < -0.3 is 4.74 Å². The van der Waals surface area contributed by atoms with E-state index < -0.39 is 23.3 Å². The van der Waals surface area contributed by atoms with Crippen LogP contribution in [0.25, 0.3) is 5.69 Å². The van der Waals surface area contributed by atoms with Crippen molar-refractivity contribution in [1.29, 1.82) is 0 Å². The van der Waals surface area contributed by atoms with Crippen LogP contribution >= 0.6 is 11.6 Å². The summed E-state index contributed by atoms with van der Waals surface area (Å²) in [4.78, 5) is 23.8. The highest BCUT2D eigenvalue weighted by atomic mass is 35.5. The quantitative estimate of drug-likeness (QED) is 0.786. The number of carbonyl (C=O) groups excluding carboxylic acids is 1. The number of esters is 1. The highest BCUT2D eigenvalue weighted by Gasteiger charge is 2.31. The van der Waals surface area contributed by atoms with Crippen molar-refractivity contribution in [1.82, 2.24) is 9.78 Å². The van der Waals surface area contributed by atoms with E-state index in [2.05, 4.69) is 5.10 Å². The van der Waals surface area contributed by atoms with Crippen molar-refractivity contribution in [2.45, 2.75) is 26.1 Å². The molecule has 5 nitrogen and oxygen atoms in total. The Morgan fingerprint density at radius 2 is 1.96 bits per heavy atom. The fourth-order valence-corrected chi connectivity index (χ4v) is 2.03. The average Bonchev–Trinajstić information content (AvgIpc) is 2.46. The molecular weight excluding hydrogens is 349 g/mol. The first kappa shape index (κ1) is 18.0. The Morgan fingerprint density at radius 1 is 1.29 bits per heavy atom. The van der Waals surface area contributed by atoms with E-state index in [-0.39, 0.29) is 22.4 Å². The number of benzene rings is 1. The SMILES string of the molecule is CC(C)OC(=O)c1cc(-n2ncc(C(F)(F)F)cc2=O)ccc1Cl. The molecule has 0 N–H and O–H groups in total. The number of carbonyl (C=O) groups is 1. The van der Waals surface area contributed by atoms with Gasteiger partial charge >= 0.3 is 12.1 Å². The third kappa shape index (κ3) is 3.94. The second-order valence-corrected chi connectivity index (χ2v) is 5.52. The molecule has 0 unspecified atom stereocenters. The number of rotatable bonds is 3. The lowest BCUT2D eigenvalue weighted by Gasteiger charge is -2.12. The van der Waals surface area contributed by atoms with Crippen molar-refractivity contribution in [3.8, 4) is 5.69 Å². The Balaban J connectivity index is 2.47. The van der Waals surface area contributed by atoms with Crippen LogP contribution in [0.15, 0.2) is 35.3 Å². The molecule has 1 heterocycles. The van der Waals surface area contributed by atoms with Crippen LogP contribution in [0, 0.1) is 0 Å². The molecule has 0 spiro atoms. The lowest BCUT2D eigenvalue weighted by atomic mass is 10.2. The summed E-state index contributed by atoms with van der Waals surface area (Å²) in [5.74, 6) is -0.711. The van der Waals surface area contributed by atoms with Gasteiger partial charge in [-0.25, -0.2) is 4.79 Å². The zero-order valence-electron chi connectivity index (χ0n) is 12.6. The number of alkyl halides is 3. The third-order valence-electron chi connectivity index (χ3n) is 2.88. The van der Waals surface area contributed by atoms with Gasteiger partial charge in [0.15, 0.2) is 0 Å². The van der Waals surface area contributed by atoms with Gasteiger partial charge in [-0.05, 0) is 32.0 Å². The van der Waals surface area contributed by atoms with Crippen molar-refractivity contribution < 1.29 is 22.7 Å². The second-order valence-electron chi connectivity index (χ2n) is 5.11. The number of ether oxygens (including phenoxy) is 1. The topological polar surface area (TPSA) is 61.2 Å². The monoisotopic (exact) mass is 360 g/mol. The van der Waals surface area contributed by atoms with Gasteiger partial charge in [0.2, 0.25) is 0 Å². The van der Waals surface area contributed by atoms with Crippen LogP contribution in [-0.2, 0) is 10.9 Å². The van der Waals surface area contributed by atoms with Crippen LogP contribution in [0.2, 0.25) is 5.02 Å². The van der Waals surface area contributed by atoms with Crippen LogP contribution in [-0.4, -0.2) is 21.9 Å². The Bertz CT molecular complexity index is 831. The van der Waals surface area contributed by atoms with Gasteiger partial charge in [0.05, 0.1) is 34.1 Å².